The van der Waals surface area contributed by atoms with Gasteiger partial charge in [0.15, 0.2) is 0 Å². The van der Waals surface area contributed by atoms with Crippen LogP contribution in [0.15, 0.2) is 48.5 Å². The molecule has 2 N–H and O–H groups in total. The first-order valence-electron chi connectivity index (χ1n) is 8.82. The topological polar surface area (TPSA) is 84.5 Å². The van der Waals surface area contributed by atoms with Crippen molar-refractivity contribution in [2.45, 2.75) is 32.2 Å². The summed E-state index contributed by atoms with van der Waals surface area (Å²) >= 11 is 0. The zero-order valence-corrected chi connectivity index (χ0v) is 16.0. The molecular formula is C21H23FN2O4. The summed E-state index contributed by atoms with van der Waals surface area (Å²) in [6.45, 7) is 3.39. The van der Waals surface area contributed by atoms with E-state index in [9.17, 15) is 18.8 Å². The summed E-state index contributed by atoms with van der Waals surface area (Å²) in [7, 11) is 1.26. The number of benzene rings is 2. The van der Waals surface area contributed by atoms with Gasteiger partial charge in [-0.2, -0.15) is 0 Å². The van der Waals surface area contributed by atoms with Crippen LogP contribution in [-0.2, 0) is 19.9 Å². The van der Waals surface area contributed by atoms with Crippen molar-refractivity contribution in [3.05, 3.63) is 65.5 Å². The van der Waals surface area contributed by atoms with E-state index >= 15 is 0 Å². The largest absolute Gasteiger partial charge is 0.469 e. The lowest BCUT2D eigenvalue weighted by atomic mass is 9.88. The highest BCUT2D eigenvalue weighted by atomic mass is 19.1. The fraction of sp³-hybridized carbons (Fsp3) is 0.286. The van der Waals surface area contributed by atoms with Gasteiger partial charge in [-0.25, -0.2) is 4.39 Å². The molecule has 7 heteroatoms. The van der Waals surface area contributed by atoms with Crippen molar-refractivity contribution in [3.8, 4) is 0 Å². The first-order valence-corrected chi connectivity index (χ1v) is 8.82. The minimum Gasteiger partial charge on any atom is -0.469 e. The SMILES string of the molecule is CCC(=O)Nc1cccc(C(=O)N[C@](C)(CC(=O)OC)c2ccc(F)cc2)c1. The lowest BCUT2D eigenvalue weighted by Crippen LogP contribution is -2.45. The number of carbonyl (C=O) groups excluding carboxylic acids is 3. The molecule has 0 aromatic heterocycles. The average molecular weight is 386 g/mol. The summed E-state index contributed by atoms with van der Waals surface area (Å²) in [5, 5.41) is 5.52. The predicted molar refractivity (Wildman–Crippen MR) is 103 cm³/mol. The number of hydrogen-bond acceptors (Lipinski definition) is 4. The molecule has 0 heterocycles. The van der Waals surface area contributed by atoms with Gasteiger partial charge in [0.25, 0.3) is 5.91 Å². The van der Waals surface area contributed by atoms with Crippen LogP contribution in [-0.4, -0.2) is 24.9 Å². The number of amides is 2. The van der Waals surface area contributed by atoms with E-state index in [-0.39, 0.29) is 12.3 Å². The third-order valence-corrected chi connectivity index (χ3v) is 4.33. The predicted octanol–water partition coefficient (Wildman–Crippen LogP) is 3.38. The summed E-state index contributed by atoms with van der Waals surface area (Å²) in [4.78, 5) is 36.3. The highest BCUT2D eigenvalue weighted by Gasteiger charge is 2.32. The maximum atomic E-state index is 13.3. The number of rotatable bonds is 7. The smallest absolute Gasteiger partial charge is 0.308 e. The summed E-state index contributed by atoms with van der Waals surface area (Å²) in [5.74, 6) is -1.55. The Hall–Kier alpha value is -3.22. The minimum atomic E-state index is -1.11. The first kappa shape index (κ1) is 21.1. The third kappa shape index (κ3) is 5.39. The van der Waals surface area contributed by atoms with E-state index < -0.39 is 23.2 Å². The van der Waals surface area contributed by atoms with Gasteiger partial charge in [0.1, 0.15) is 5.82 Å². The highest BCUT2D eigenvalue weighted by Crippen LogP contribution is 2.26. The summed E-state index contributed by atoms with van der Waals surface area (Å²) < 4.78 is 18.0. The molecule has 2 aromatic rings. The van der Waals surface area contributed by atoms with Crippen LogP contribution >= 0.6 is 0 Å². The molecule has 2 rings (SSSR count). The second-order valence-electron chi connectivity index (χ2n) is 6.53. The van der Waals surface area contributed by atoms with E-state index in [1.807, 2.05) is 0 Å². The molecule has 0 bridgehead atoms. The maximum Gasteiger partial charge on any atom is 0.308 e. The first-order chi connectivity index (χ1) is 13.3. The van der Waals surface area contributed by atoms with E-state index in [1.165, 1.54) is 31.4 Å². The second-order valence-corrected chi connectivity index (χ2v) is 6.53. The lowest BCUT2D eigenvalue weighted by Gasteiger charge is -2.30. The van der Waals surface area contributed by atoms with Crippen LogP contribution in [0.2, 0.25) is 0 Å². The number of anilines is 1. The highest BCUT2D eigenvalue weighted by molar-refractivity contribution is 5.97. The molecule has 148 valence electrons. The summed E-state index contributed by atoms with van der Waals surface area (Å²) in [6, 6.07) is 12.0. The fourth-order valence-corrected chi connectivity index (χ4v) is 2.71. The molecular weight excluding hydrogens is 363 g/mol. The molecule has 0 spiro atoms. The average Bonchev–Trinajstić information content (AvgIpc) is 2.68. The van der Waals surface area contributed by atoms with Crippen molar-refractivity contribution in [3.63, 3.8) is 0 Å². The number of carbonyl (C=O) groups is 3. The van der Waals surface area contributed by atoms with Crippen molar-refractivity contribution in [2.24, 2.45) is 0 Å². The quantitative estimate of drug-likeness (QED) is 0.715. The molecule has 0 saturated carbocycles. The molecule has 0 saturated heterocycles. The van der Waals surface area contributed by atoms with Crippen LogP contribution in [0, 0.1) is 5.82 Å². The minimum absolute atomic E-state index is 0.132. The van der Waals surface area contributed by atoms with Gasteiger partial charge < -0.3 is 15.4 Å². The third-order valence-electron chi connectivity index (χ3n) is 4.33. The number of hydrogen-bond donors (Lipinski definition) is 2. The number of halogens is 1. The molecule has 0 fully saturated rings. The fourth-order valence-electron chi connectivity index (χ4n) is 2.71. The van der Waals surface area contributed by atoms with Gasteiger partial charge in [0.05, 0.1) is 19.1 Å². The monoisotopic (exact) mass is 386 g/mol. The number of esters is 1. The summed E-state index contributed by atoms with van der Waals surface area (Å²) in [5.41, 5.74) is 0.256. The number of nitrogens with one attached hydrogen (secondary N) is 2. The van der Waals surface area contributed by atoms with Gasteiger partial charge in [-0.3, -0.25) is 14.4 Å². The van der Waals surface area contributed by atoms with Gasteiger partial charge in [0, 0.05) is 17.7 Å². The normalized spacial score (nSPS) is 12.6. The van der Waals surface area contributed by atoms with Gasteiger partial charge in [-0.15, -0.1) is 0 Å². The van der Waals surface area contributed by atoms with Crippen molar-refractivity contribution in [2.75, 3.05) is 12.4 Å². The molecule has 0 aliphatic carbocycles. The molecule has 0 aliphatic rings. The van der Waals surface area contributed by atoms with Crippen LogP contribution in [0.1, 0.15) is 42.6 Å². The van der Waals surface area contributed by atoms with E-state index in [2.05, 4.69) is 10.6 Å². The molecule has 2 aromatic carbocycles. The molecule has 1 atom stereocenters. The van der Waals surface area contributed by atoms with Crippen LogP contribution in [0.25, 0.3) is 0 Å². The molecule has 0 unspecified atom stereocenters. The van der Waals surface area contributed by atoms with Crippen molar-refractivity contribution < 1.29 is 23.5 Å². The van der Waals surface area contributed by atoms with Gasteiger partial charge in [0.2, 0.25) is 5.91 Å². The van der Waals surface area contributed by atoms with Gasteiger partial charge >= 0.3 is 5.97 Å². The number of ether oxygens (including phenoxy) is 1. The second kappa shape index (κ2) is 9.12. The van der Waals surface area contributed by atoms with Crippen LogP contribution < -0.4 is 10.6 Å². The van der Waals surface area contributed by atoms with E-state index in [0.717, 1.165) is 0 Å². The molecule has 0 radical (unpaired) electrons. The van der Waals surface area contributed by atoms with Gasteiger partial charge in [-0.05, 0) is 42.8 Å². The Bertz CT molecular complexity index is 867. The van der Waals surface area contributed by atoms with Crippen molar-refractivity contribution in [1.82, 2.24) is 5.32 Å². The molecule has 0 aliphatic heterocycles. The Kier molecular flexibility index (Phi) is 6.87. The molecule has 2 amide bonds. The van der Waals surface area contributed by atoms with Gasteiger partial charge in [-0.1, -0.05) is 25.1 Å². The Morgan fingerprint density at radius 3 is 2.39 bits per heavy atom. The zero-order chi connectivity index (χ0) is 20.7. The zero-order valence-electron chi connectivity index (χ0n) is 16.0. The Morgan fingerprint density at radius 2 is 1.79 bits per heavy atom. The van der Waals surface area contributed by atoms with E-state index in [0.29, 0.717) is 23.2 Å². The number of methoxy groups -OCH3 is 1. The summed E-state index contributed by atoms with van der Waals surface area (Å²) in [6.07, 6.45) is 0.186. The molecule has 6 nitrogen and oxygen atoms in total. The Morgan fingerprint density at radius 1 is 1.11 bits per heavy atom. The van der Waals surface area contributed by atoms with E-state index in [4.69, 9.17) is 4.74 Å². The standard InChI is InChI=1S/C21H23FN2O4/c1-4-18(25)23-17-7-5-6-14(12-17)20(27)24-21(2,13-19(26)28-3)15-8-10-16(22)11-9-15/h5-12H,4,13H2,1-3H3,(H,23,25)(H,24,27)/t21-/m1/s1. The van der Waals surface area contributed by atoms with Crippen LogP contribution in [0.5, 0.6) is 0 Å². The van der Waals surface area contributed by atoms with Crippen molar-refractivity contribution in [1.29, 1.82) is 0 Å². The van der Waals surface area contributed by atoms with Crippen molar-refractivity contribution >= 4 is 23.5 Å². The lowest BCUT2D eigenvalue weighted by molar-refractivity contribution is -0.142. The Labute approximate surface area is 163 Å². The Balaban J connectivity index is 2.29. The molecule has 28 heavy (non-hydrogen) atoms. The van der Waals surface area contributed by atoms with E-state index in [1.54, 1.807) is 38.1 Å². The van der Waals surface area contributed by atoms with Crippen LogP contribution in [0.4, 0.5) is 10.1 Å². The maximum absolute atomic E-state index is 13.3. The van der Waals surface area contributed by atoms with Crippen LogP contribution in [0.3, 0.4) is 0 Å².